The predicted octanol–water partition coefficient (Wildman–Crippen LogP) is 8.10. The molecule has 0 atom stereocenters. The third-order valence-corrected chi connectivity index (χ3v) is 6.52. The van der Waals surface area contributed by atoms with Gasteiger partial charge in [0.25, 0.3) is 0 Å². The van der Waals surface area contributed by atoms with Crippen LogP contribution in [0.2, 0.25) is 0 Å². The zero-order valence-electron chi connectivity index (χ0n) is 19.3. The number of aromatic nitrogens is 1. The smallest absolute Gasteiger partial charge is 0.0786 e. The van der Waals surface area contributed by atoms with Gasteiger partial charge in [0, 0.05) is 16.6 Å². The van der Waals surface area contributed by atoms with Crippen LogP contribution in [0.15, 0.2) is 60.7 Å². The molecule has 5 rings (SSSR count). The fraction of sp³-hybridized carbons (Fsp3) is 0.300. The molecule has 0 radical (unpaired) electrons. The molecule has 1 aliphatic carbocycles. The summed E-state index contributed by atoms with van der Waals surface area (Å²) in [5.74, 6) is 1.06. The number of benzene rings is 3. The summed E-state index contributed by atoms with van der Waals surface area (Å²) in [6.45, 7) is 11.3. The molecule has 0 amide bonds. The normalized spacial score (nSPS) is 12.6. The fourth-order valence-corrected chi connectivity index (χ4v) is 5.17. The summed E-state index contributed by atoms with van der Waals surface area (Å²) in [5.41, 5.74) is 12.0. The average molecular weight is 406 g/mol. The van der Waals surface area contributed by atoms with Gasteiger partial charge in [-0.3, -0.25) is 4.98 Å². The lowest BCUT2D eigenvalue weighted by Gasteiger charge is -2.18. The predicted molar refractivity (Wildman–Crippen MR) is 133 cm³/mol. The Kier molecular flexibility index (Phi) is 4.93. The first-order valence-corrected chi connectivity index (χ1v) is 11.6. The molecule has 1 nitrogen and oxygen atoms in total. The first kappa shape index (κ1) is 20.0. The van der Waals surface area contributed by atoms with Crippen LogP contribution in [0.5, 0.6) is 0 Å². The molecule has 0 saturated carbocycles. The molecule has 0 bridgehead atoms. The van der Waals surface area contributed by atoms with Crippen LogP contribution in [0.3, 0.4) is 0 Å². The number of aryl methyl sites for hydroxylation is 1. The molecule has 0 unspecified atom stereocenters. The topological polar surface area (TPSA) is 12.9 Å². The van der Waals surface area contributed by atoms with Crippen LogP contribution >= 0.6 is 0 Å². The van der Waals surface area contributed by atoms with E-state index in [2.05, 4.69) is 95.3 Å². The van der Waals surface area contributed by atoms with E-state index in [9.17, 15) is 0 Å². The highest BCUT2D eigenvalue weighted by Gasteiger charge is 2.24. The minimum Gasteiger partial charge on any atom is -0.252 e. The van der Waals surface area contributed by atoms with Gasteiger partial charge >= 0.3 is 0 Å². The van der Waals surface area contributed by atoms with Crippen molar-refractivity contribution in [2.24, 2.45) is 5.92 Å². The molecule has 0 N–H and O–H groups in total. The van der Waals surface area contributed by atoms with E-state index >= 15 is 0 Å². The fourth-order valence-electron chi connectivity index (χ4n) is 5.17. The second kappa shape index (κ2) is 7.64. The van der Waals surface area contributed by atoms with E-state index < -0.39 is 0 Å². The maximum Gasteiger partial charge on any atom is 0.0786 e. The van der Waals surface area contributed by atoms with E-state index in [1.807, 2.05) is 0 Å². The molecule has 1 heteroatoms. The van der Waals surface area contributed by atoms with Crippen molar-refractivity contribution in [2.45, 2.75) is 53.4 Å². The molecule has 31 heavy (non-hydrogen) atoms. The van der Waals surface area contributed by atoms with E-state index in [-0.39, 0.29) is 0 Å². The Morgan fingerprint density at radius 2 is 1.58 bits per heavy atom. The molecule has 4 aromatic rings. The van der Waals surface area contributed by atoms with Crippen LogP contribution in [0.25, 0.3) is 33.2 Å². The van der Waals surface area contributed by atoms with Gasteiger partial charge < -0.3 is 0 Å². The Hall–Kier alpha value is -2.93. The summed E-state index contributed by atoms with van der Waals surface area (Å²) in [5, 5.41) is 2.64. The number of nitrogens with zero attached hydrogens (tertiary/aromatic N) is 1. The third kappa shape index (κ3) is 3.47. The number of fused-ring (bicyclic) bond motifs is 4. The largest absolute Gasteiger partial charge is 0.252 e. The summed E-state index contributed by atoms with van der Waals surface area (Å²) < 4.78 is 0. The van der Waals surface area contributed by atoms with Crippen molar-refractivity contribution in [3.05, 3.63) is 88.6 Å². The number of hydrogen-bond acceptors (Lipinski definition) is 1. The van der Waals surface area contributed by atoms with E-state index in [1.165, 1.54) is 55.4 Å². The van der Waals surface area contributed by atoms with Crippen LogP contribution in [0, 0.1) is 12.8 Å². The molecule has 1 aromatic heterocycles. The maximum absolute atomic E-state index is 5.29. The zero-order chi connectivity index (χ0) is 21.7. The van der Waals surface area contributed by atoms with Gasteiger partial charge in [-0.05, 0) is 82.5 Å². The van der Waals surface area contributed by atoms with Gasteiger partial charge in [-0.2, -0.15) is 0 Å². The van der Waals surface area contributed by atoms with E-state index in [0.717, 1.165) is 18.5 Å². The van der Waals surface area contributed by atoms with Gasteiger partial charge in [0.05, 0.1) is 5.69 Å². The SMILES string of the molecule is Cc1cc2c(c(-c3nc(CC(C)C)cc4c(C(C)C)cccc34)c1)Cc1ccccc1-2. The maximum atomic E-state index is 5.29. The minimum absolute atomic E-state index is 0.485. The van der Waals surface area contributed by atoms with Gasteiger partial charge in [0.2, 0.25) is 0 Å². The monoisotopic (exact) mass is 405 g/mol. The van der Waals surface area contributed by atoms with E-state index in [4.69, 9.17) is 4.98 Å². The molecule has 0 saturated heterocycles. The van der Waals surface area contributed by atoms with Crippen molar-refractivity contribution >= 4 is 10.8 Å². The number of pyridine rings is 1. The van der Waals surface area contributed by atoms with Gasteiger partial charge in [0.15, 0.2) is 0 Å². The van der Waals surface area contributed by atoms with Crippen molar-refractivity contribution < 1.29 is 0 Å². The van der Waals surface area contributed by atoms with Gasteiger partial charge in [0.1, 0.15) is 0 Å². The average Bonchev–Trinajstić information content (AvgIpc) is 3.10. The lowest BCUT2D eigenvalue weighted by atomic mass is 9.90. The minimum atomic E-state index is 0.485. The van der Waals surface area contributed by atoms with Gasteiger partial charge in [-0.15, -0.1) is 0 Å². The summed E-state index contributed by atoms with van der Waals surface area (Å²) in [7, 11) is 0. The molecule has 0 aliphatic heterocycles. The number of rotatable bonds is 4. The van der Waals surface area contributed by atoms with Crippen molar-refractivity contribution in [3.8, 4) is 22.4 Å². The Labute approximate surface area is 186 Å². The van der Waals surface area contributed by atoms with E-state index in [0.29, 0.717) is 11.8 Å². The van der Waals surface area contributed by atoms with Crippen LogP contribution in [0.4, 0.5) is 0 Å². The lowest BCUT2D eigenvalue weighted by Crippen LogP contribution is -2.02. The molecule has 156 valence electrons. The molecular formula is C30H31N. The Balaban J connectivity index is 1.82. The molecule has 0 spiro atoms. The Morgan fingerprint density at radius 1 is 0.806 bits per heavy atom. The standard InChI is InChI=1S/C30H31N/c1-18(2)13-22-17-28-23(19(3)4)11-8-12-25(28)30(31-22)29-15-20(5)14-26-24-10-7-6-9-21(24)16-27(26)29/h6-12,14-15,17-19H,13,16H2,1-5H3. The highest BCUT2D eigenvalue weighted by Crippen LogP contribution is 2.44. The van der Waals surface area contributed by atoms with Gasteiger partial charge in [-0.1, -0.05) is 76.2 Å². The summed E-state index contributed by atoms with van der Waals surface area (Å²) >= 11 is 0. The van der Waals surface area contributed by atoms with E-state index in [1.54, 1.807) is 0 Å². The highest BCUT2D eigenvalue weighted by atomic mass is 14.7. The molecule has 1 aliphatic rings. The third-order valence-electron chi connectivity index (χ3n) is 6.52. The zero-order valence-corrected chi connectivity index (χ0v) is 19.3. The quantitative estimate of drug-likeness (QED) is 0.294. The van der Waals surface area contributed by atoms with Crippen LogP contribution < -0.4 is 0 Å². The Morgan fingerprint density at radius 3 is 2.35 bits per heavy atom. The van der Waals surface area contributed by atoms with Gasteiger partial charge in [-0.25, -0.2) is 0 Å². The number of hydrogen-bond donors (Lipinski definition) is 0. The van der Waals surface area contributed by atoms with Crippen molar-refractivity contribution in [2.75, 3.05) is 0 Å². The van der Waals surface area contributed by atoms with Crippen molar-refractivity contribution in [3.63, 3.8) is 0 Å². The lowest BCUT2D eigenvalue weighted by molar-refractivity contribution is 0.636. The first-order chi connectivity index (χ1) is 14.9. The summed E-state index contributed by atoms with van der Waals surface area (Å²) in [4.78, 5) is 5.29. The van der Waals surface area contributed by atoms with Crippen LogP contribution in [0.1, 0.15) is 61.6 Å². The van der Waals surface area contributed by atoms with Crippen molar-refractivity contribution in [1.82, 2.24) is 4.98 Å². The van der Waals surface area contributed by atoms with Crippen LogP contribution in [-0.2, 0) is 12.8 Å². The second-order valence-electron chi connectivity index (χ2n) is 9.83. The summed E-state index contributed by atoms with van der Waals surface area (Å²) in [6, 6.07) is 22.7. The molecule has 3 aromatic carbocycles. The van der Waals surface area contributed by atoms with Crippen LogP contribution in [-0.4, -0.2) is 4.98 Å². The highest BCUT2D eigenvalue weighted by molar-refractivity contribution is 5.99. The molecule has 1 heterocycles. The van der Waals surface area contributed by atoms with Crippen molar-refractivity contribution in [1.29, 1.82) is 0 Å². The molecular weight excluding hydrogens is 374 g/mol. The first-order valence-electron chi connectivity index (χ1n) is 11.6. The second-order valence-corrected chi connectivity index (χ2v) is 9.83. The summed E-state index contributed by atoms with van der Waals surface area (Å²) in [6.07, 6.45) is 1.99. The Bertz CT molecular complexity index is 1290. The molecule has 0 fully saturated rings.